The van der Waals surface area contributed by atoms with Gasteiger partial charge in [0.05, 0.1) is 0 Å². The molecule has 1 heterocycles. The van der Waals surface area contributed by atoms with Crippen molar-refractivity contribution in [2.24, 2.45) is 0 Å². The Labute approximate surface area is 150 Å². The molecule has 0 amide bonds. The van der Waals surface area contributed by atoms with Crippen LogP contribution in [0.4, 0.5) is 0 Å². The summed E-state index contributed by atoms with van der Waals surface area (Å²) in [5.41, 5.74) is 9.03. The fourth-order valence-electron chi connectivity index (χ4n) is 3.42. The standard InChI is InChI=1S/C19H28N4S/c24-19(20-17-9-5-2-6-10-17)22-21-18-11-13-23(14-12-18)15-16-7-3-1-4-8-16/h1,3-4,7-8,11,17,21H,2,5-6,9-10,12-15H2,(H2,20,22,24). The van der Waals surface area contributed by atoms with Crippen LogP contribution in [0.25, 0.3) is 0 Å². The van der Waals surface area contributed by atoms with E-state index in [1.165, 1.54) is 43.4 Å². The Bertz CT molecular complexity index is 552. The van der Waals surface area contributed by atoms with Crippen molar-refractivity contribution in [1.29, 1.82) is 0 Å². The predicted molar refractivity (Wildman–Crippen MR) is 103 cm³/mol. The molecule has 3 N–H and O–H groups in total. The van der Waals surface area contributed by atoms with Crippen LogP contribution in [0.5, 0.6) is 0 Å². The van der Waals surface area contributed by atoms with Gasteiger partial charge in [0, 0.05) is 37.8 Å². The third-order valence-corrected chi connectivity index (χ3v) is 5.04. The summed E-state index contributed by atoms with van der Waals surface area (Å²) in [6.07, 6.45) is 9.74. The van der Waals surface area contributed by atoms with Crippen LogP contribution in [0, 0.1) is 0 Å². The second-order valence-electron chi connectivity index (χ2n) is 6.76. The Morgan fingerprint density at radius 3 is 2.62 bits per heavy atom. The van der Waals surface area contributed by atoms with E-state index in [-0.39, 0.29) is 0 Å². The van der Waals surface area contributed by atoms with E-state index in [1.807, 2.05) is 0 Å². The highest BCUT2D eigenvalue weighted by Crippen LogP contribution is 2.17. The molecular formula is C19H28N4S. The number of hydrazine groups is 1. The normalized spacial score (nSPS) is 19.4. The van der Waals surface area contributed by atoms with Crippen LogP contribution >= 0.6 is 12.2 Å². The Kier molecular flexibility index (Phi) is 6.49. The van der Waals surface area contributed by atoms with Gasteiger partial charge in [0.25, 0.3) is 0 Å². The van der Waals surface area contributed by atoms with Gasteiger partial charge in [0.2, 0.25) is 0 Å². The van der Waals surface area contributed by atoms with Gasteiger partial charge >= 0.3 is 0 Å². The van der Waals surface area contributed by atoms with Gasteiger partial charge in [-0.1, -0.05) is 49.6 Å². The largest absolute Gasteiger partial charge is 0.359 e. The molecule has 0 saturated heterocycles. The molecule has 24 heavy (non-hydrogen) atoms. The average Bonchev–Trinajstić information content (AvgIpc) is 2.63. The molecular weight excluding hydrogens is 316 g/mol. The van der Waals surface area contributed by atoms with Crippen LogP contribution in [0.1, 0.15) is 44.1 Å². The number of rotatable bonds is 5. The first-order valence-electron chi connectivity index (χ1n) is 9.07. The van der Waals surface area contributed by atoms with Crippen molar-refractivity contribution in [1.82, 2.24) is 21.1 Å². The molecule has 1 aromatic rings. The minimum Gasteiger partial charge on any atom is -0.359 e. The molecule has 0 atom stereocenters. The van der Waals surface area contributed by atoms with E-state index in [0.29, 0.717) is 6.04 Å². The Morgan fingerprint density at radius 1 is 1.12 bits per heavy atom. The molecule has 0 radical (unpaired) electrons. The SMILES string of the molecule is S=C(NNC1=CCN(Cc2ccccc2)CC1)NC1CCCCC1. The Balaban J connectivity index is 1.36. The van der Waals surface area contributed by atoms with Crippen molar-refractivity contribution in [2.75, 3.05) is 13.1 Å². The van der Waals surface area contributed by atoms with E-state index in [0.717, 1.165) is 31.2 Å². The molecule has 1 saturated carbocycles. The smallest absolute Gasteiger partial charge is 0.185 e. The van der Waals surface area contributed by atoms with Crippen LogP contribution in [-0.4, -0.2) is 29.1 Å². The Hall–Kier alpha value is -1.59. The maximum absolute atomic E-state index is 5.39. The van der Waals surface area contributed by atoms with Gasteiger partial charge in [-0.3, -0.25) is 10.3 Å². The van der Waals surface area contributed by atoms with Crippen molar-refractivity contribution in [3.63, 3.8) is 0 Å². The summed E-state index contributed by atoms with van der Waals surface area (Å²) in [5.74, 6) is 0. The van der Waals surface area contributed by atoms with E-state index in [2.05, 4.69) is 57.5 Å². The van der Waals surface area contributed by atoms with Crippen molar-refractivity contribution >= 4 is 17.3 Å². The number of nitrogens with zero attached hydrogens (tertiary/aromatic N) is 1. The molecule has 0 bridgehead atoms. The number of hydrogen-bond acceptors (Lipinski definition) is 3. The molecule has 0 aromatic heterocycles. The number of thiocarbonyl (C=S) groups is 1. The summed E-state index contributed by atoms with van der Waals surface area (Å²) in [5, 5.41) is 4.14. The molecule has 0 unspecified atom stereocenters. The van der Waals surface area contributed by atoms with E-state index in [4.69, 9.17) is 12.2 Å². The molecule has 1 fully saturated rings. The van der Waals surface area contributed by atoms with Gasteiger partial charge in [-0.25, -0.2) is 0 Å². The second kappa shape index (κ2) is 9.04. The molecule has 1 aromatic carbocycles. The molecule has 130 valence electrons. The van der Waals surface area contributed by atoms with Gasteiger partial charge in [-0.05, 0) is 36.7 Å². The van der Waals surface area contributed by atoms with Gasteiger partial charge in [0.1, 0.15) is 0 Å². The number of hydrogen-bond donors (Lipinski definition) is 3. The molecule has 4 nitrogen and oxygen atoms in total. The van der Waals surface area contributed by atoms with Gasteiger partial charge in [-0.2, -0.15) is 0 Å². The third-order valence-electron chi connectivity index (χ3n) is 4.82. The van der Waals surface area contributed by atoms with Crippen LogP contribution in [0.15, 0.2) is 42.1 Å². The monoisotopic (exact) mass is 344 g/mol. The lowest BCUT2D eigenvalue weighted by atomic mass is 9.96. The first kappa shape index (κ1) is 17.2. The summed E-state index contributed by atoms with van der Waals surface area (Å²) in [6, 6.07) is 11.2. The summed E-state index contributed by atoms with van der Waals surface area (Å²) >= 11 is 5.39. The van der Waals surface area contributed by atoms with E-state index < -0.39 is 0 Å². The predicted octanol–water partition coefficient (Wildman–Crippen LogP) is 3.08. The van der Waals surface area contributed by atoms with Crippen molar-refractivity contribution in [3.05, 3.63) is 47.7 Å². The minimum atomic E-state index is 0.544. The molecule has 5 heteroatoms. The summed E-state index contributed by atoms with van der Waals surface area (Å²) < 4.78 is 0. The van der Waals surface area contributed by atoms with Gasteiger partial charge in [-0.15, -0.1) is 0 Å². The van der Waals surface area contributed by atoms with Crippen LogP contribution in [0.3, 0.4) is 0 Å². The molecule has 1 aliphatic heterocycles. The topological polar surface area (TPSA) is 39.3 Å². The minimum absolute atomic E-state index is 0.544. The zero-order chi connectivity index (χ0) is 16.6. The quantitative estimate of drug-likeness (QED) is 0.566. The lowest BCUT2D eigenvalue weighted by Crippen LogP contribution is -2.48. The second-order valence-corrected chi connectivity index (χ2v) is 7.17. The van der Waals surface area contributed by atoms with E-state index in [1.54, 1.807) is 0 Å². The number of benzene rings is 1. The Morgan fingerprint density at radius 2 is 1.92 bits per heavy atom. The average molecular weight is 345 g/mol. The van der Waals surface area contributed by atoms with Gasteiger partial charge < -0.3 is 10.7 Å². The zero-order valence-electron chi connectivity index (χ0n) is 14.3. The number of nitrogens with one attached hydrogen (secondary N) is 3. The summed E-state index contributed by atoms with van der Waals surface area (Å²) in [4.78, 5) is 2.46. The first-order chi connectivity index (χ1) is 11.8. The fourth-order valence-corrected chi connectivity index (χ4v) is 3.63. The van der Waals surface area contributed by atoms with Crippen LogP contribution < -0.4 is 16.2 Å². The lowest BCUT2D eigenvalue weighted by Gasteiger charge is -2.28. The third kappa shape index (κ3) is 5.49. The molecule has 2 aliphatic rings. The van der Waals surface area contributed by atoms with E-state index >= 15 is 0 Å². The zero-order valence-corrected chi connectivity index (χ0v) is 15.1. The van der Waals surface area contributed by atoms with Gasteiger partial charge in [0.15, 0.2) is 5.11 Å². The summed E-state index contributed by atoms with van der Waals surface area (Å²) in [6.45, 7) is 3.06. The molecule has 0 spiro atoms. The first-order valence-corrected chi connectivity index (χ1v) is 9.48. The van der Waals surface area contributed by atoms with Crippen molar-refractivity contribution in [2.45, 2.75) is 51.1 Å². The highest BCUT2D eigenvalue weighted by Gasteiger charge is 2.15. The lowest BCUT2D eigenvalue weighted by molar-refractivity contribution is 0.281. The van der Waals surface area contributed by atoms with Crippen LogP contribution in [0.2, 0.25) is 0 Å². The summed E-state index contributed by atoms with van der Waals surface area (Å²) in [7, 11) is 0. The van der Waals surface area contributed by atoms with Crippen molar-refractivity contribution < 1.29 is 0 Å². The highest BCUT2D eigenvalue weighted by molar-refractivity contribution is 7.80. The van der Waals surface area contributed by atoms with Crippen LogP contribution in [-0.2, 0) is 6.54 Å². The maximum Gasteiger partial charge on any atom is 0.185 e. The van der Waals surface area contributed by atoms with E-state index in [9.17, 15) is 0 Å². The highest BCUT2D eigenvalue weighted by atomic mass is 32.1. The van der Waals surface area contributed by atoms with Crippen molar-refractivity contribution in [3.8, 4) is 0 Å². The fraction of sp³-hybridized carbons (Fsp3) is 0.526. The molecule has 1 aliphatic carbocycles. The molecule has 3 rings (SSSR count). The maximum atomic E-state index is 5.39.